The fourth-order valence-electron chi connectivity index (χ4n) is 2.62. The van der Waals surface area contributed by atoms with Gasteiger partial charge in [-0.15, -0.1) is 0 Å². The van der Waals surface area contributed by atoms with Crippen molar-refractivity contribution in [3.8, 4) is 0 Å². The number of carbonyl (C=O) groups is 3. The number of rotatable bonds is 5. The van der Waals surface area contributed by atoms with E-state index in [0.717, 1.165) is 4.57 Å². The van der Waals surface area contributed by atoms with E-state index in [1.807, 2.05) is 0 Å². The molecule has 26 heavy (non-hydrogen) atoms. The molecular formula is C14H15N3O9. The zero-order chi connectivity index (χ0) is 18.8. The van der Waals surface area contributed by atoms with Crippen LogP contribution in [0.2, 0.25) is 0 Å². The lowest BCUT2D eigenvalue weighted by molar-refractivity contribution is -0.195. The number of ether oxygens (including phenoxy) is 4. The van der Waals surface area contributed by atoms with Crippen LogP contribution in [0.4, 0.5) is 5.82 Å². The first-order valence-electron chi connectivity index (χ1n) is 7.66. The molecule has 0 unspecified atom stereocenters. The summed E-state index contributed by atoms with van der Waals surface area (Å²) < 4.78 is 21.7. The summed E-state index contributed by atoms with van der Waals surface area (Å²) in [6, 6.07) is 1.28. The number of hydrogen-bond acceptors (Lipinski definition) is 11. The average Bonchev–Trinajstić information content (AvgIpc) is 2.97. The van der Waals surface area contributed by atoms with Gasteiger partial charge in [0.15, 0.2) is 24.3 Å². The van der Waals surface area contributed by atoms with Crippen LogP contribution in [0.1, 0.15) is 19.6 Å². The minimum Gasteiger partial charge on any atom is -0.463 e. The Kier molecular flexibility index (Phi) is 4.86. The number of hydrogen-bond donors (Lipinski definition) is 2. The van der Waals surface area contributed by atoms with Crippen molar-refractivity contribution in [2.24, 2.45) is 0 Å². The first-order chi connectivity index (χ1) is 12.4. The van der Waals surface area contributed by atoms with E-state index in [4.69, 9.17) is 24.2 Å². The molecule has 3 heterocycles. The molecule has 0 radical (unpaired) electrons. The van der Waals surface area contributed by atoms with Crippen molar-refractivity contribution in [2.75, 3.05) is 12.1 Å². The van der Waals surface area contributed by atoms with E-state index in [2.05, 4.69) is 4.98 Å². The van der Waals surface area contributed by atoms with Crippen molar-refractivity contribution in [2.45, 2.75) is 37.9 Å². The second-order valence-corrected chi connectivity index (χ2v) is 5.46. The molecule has 2 aliphatic rings. The van der Waals surface area contributed by atoms with E-state index in [1.165, 1.54) is 12.3 Å². The monoisotopic (exact) mass is 369 g/mol. The van der Waals surface area contributed by atoms with Gasteiger partial charge >= 0.3 is 23.6 Å². The molecule has 4 atom stereocenters. The third kappa shape index (κ3) is 3.23. The smallest absolute Gasteiger partial charge is 0.418 e. The van der Waals surface area contributed by atoms with Crippen LogP contribution in [-0.4, -0.2) is 57.6 Å². The Morgan fingerprint density at radius 2 is 2.00 bits per heavy atom. The summed E-state index contributed by atoms with van der Waals surface area (Å²) in [6.07, 6.45) is -2.90. The van der Waals surface area contributed by atoms with Gasteiger partial charge in [-0.05, 0) is 6.07 Å². The number of fused-ring (bicyclic) bond motifs is 1. The van der Waals surface area contributed by atoms with Gasteiger partial charge in [-0.3, -0.25) is 20.0 Å². The van der Waals surface area contributed by atoms with Crippen molar-refractivity contribution in [1.82, 2.24) is 9.55 Å². The fraction of sp³-hybridized carbons (Fsp3) is 0.500. The SMILES string of the molecule is CCC(=O)OC[C@H]1O[C@@H](n2ccc(NO)nc2=O)[C@@H]2OC(=O)C(=O)O[C@@H]21. The molecule has 3 rings (SSSR count). The summed E-state index contributed by atoms with van der Waals surface area (Å²) >= 11 is 0. The zero-order valence-electron chi connectivity index (χ0n) is 13.5. The zero-order valence-corrected chi connectivity index (χ0v) is 13.5. The molecule has 0 amide bonds. The fourth-order valence-corrected chi connectivity index (χ4v) is 2.62. The van der Waals surface area contributed by atoms with Crippen LogP contribution in [0.5, 0.6) is 0 Å². The molecule has 0 bridgehead atoms. The van der Waals surface area contributed by atoms with Gasteiger partial charge in [-0.2, -0.15) is 4.98 Å². The van der Waals surface area contributed by atoms with Gasteiger partial charge in [0.05, 0.1) is 0 Å². The van der Waals surface area contributed by atoms with E-state index >= 15 is 0 Å². The Morgan fingerprint density at radius 1 is 1.31 bits per heavy atom. The largest absolute Gasteiger partial charge is 0.463 e. The number of anilines is 1. The number of nitrogens with zero attached hydrogens (tertiary/aromatic N) is 2. The summed E-state index contributed by atoms with van der Waals surface area (Å²) in [6.45, 7) is 1.35. The first-order valence-corrected chi connectivity index (χ1v) is 7.66. The van der Waals surface area contributed by atoms with Gasteiger partial charge < -0.3 is 18.9 Å². The van der Waals surface area contributed by atoms with E-state index in [-0.39, 0.29) is 18.8 Å². The highest BCUT2D eigenvalue weighted by Crippen LogP contribution is 2.35. The van der Waals surface area contributed by atoms with Gasteiger partial charge in [-0.1, -0.05) is 6.92 Å². The molecule has 1 aromatic rings. The lowest BCUT2D eigenvalue weighted by atomic mass is 10.1. The molecular weight excluding hydrogens is 354 g/mol. The van der Waals surface area contributed by atoms with Crippen LogP contribution < -0.4 is 11.2 Å². The Labute approximate surface area is 145 Å². The van der Waals surface area contributed by atoms with Crippen LogP contribution >= 0.6 is 0 Å². The van der Waals surface area contributed by atoms with Gasteiger partial charge in [0.1, 0.15) is 12.7 Å². The predicted octanol–water partition coefficient (Wildman–Crippen LogP) is -1.27. The highest BCUT2D eigenvalue weighted by atomic mass is 16.7. The lowest BCUT2D eigenvalue weighted by Gasteiger charge is -2.27. The maximum Gasteiger partial charge on any atom is 0.418 e. The van der Waals surface area contributed by atoms with Crippen LogP contribution in [0, 0.1) is 0 Å². The average molecular weight is 369 g/mol. The molecule has 0 spiro atoms. The van der Waals surface area contributed by atoms with Gasteiger partial charge in [0, 0.05) is 12.6 Å². The minimum atomic E-state index is -1.22. The van der Waals surface area contributed by atoms with Crippen molar-refractivity contribution < 1.29 is 38.5 Å². The molecule has 140 valence electrons. The van der Waals surface area contributed by atoms with E-state index < -0.39 is 48.1 Å². The molecule has 2 fully saturated rings. The van der Waals surface area contributed by atoms with Crippen molar-refractivity contribution in [1.29, 1.82) is 0 Å². The second-order valence-electron chi connectivity index (χ2n) is 5.46. The number of aromatic nitrogens is 2. The minimum absolute atomic E-state index is 0.0960. The van der Waals surface area contributed by atoms with Crippen LogP contribution in [0.25, 0.3) is 0 Å². The Morgan fingerprint density at radius 3 is 2.62 bits per heavy atom. The molecule has 0 aromatic carbocycles. The third-order valence-electron chi connectivity index (χ3n) is 3.85. The Hall–Kier alpha value is -2.99. The molecule has 0 saturated carbocycles. The normalized spacial score (nSPS) is 27.3. The Balaban J connectivity index is 1.88. The molecule has 2 aliphatic heterocycles. The quantitative estimate of drug-likeness (QED) is 0.276. The standard InChI is InChI=1S/C14H15N3O9/c1-2-8(18)23-5-6-9-10(26-13(20)12(19)25-9)11(24-6)17-4-3-7(16-22)15-14(17)21/h3-4,6,9-11,22H,2,5H2,1H3,(H,15,16,21)/t6-,9-,10-,11-/m1/s1. The number of esters is 3. The van der Waals surface area contributed by atoms with Crippen LogP contribution in [-0.2, 0) is 33.3 Å². The van der Waals surface area contributed by atoms with E-state index in [9.17, 15) is 19.2 Å². The summed E-state index contributed by atoms with van der Waals surface area (Å²) in [7, 11) is 0. The van der Waals surface area contributed by atoms with Crippen molar-refractivity contribution in [3.63, 3.8) is 0 Å². The van der Waals surface area contributed by atoms with Gasteiger partial charge in [-0.25, -0.2) is 14.4 Å². The summed E-state index contributed by atoms with van der Waals surface area (Å²) in [5.74, 6) is -3.01. The molecule has 12 heteroatoms. The van der Waals surface area contributed by atoms with Crippen LogP contribution in [0.3, 0.4) is 0 Å². The third-order valence-corrected chi connectivity index (χ3v) is 3.85. The molecule has 0 aliphatic carbocycles. The summed E-state index contributed by atoms with van der Waals surface area (Å²) in [5.41, 5.74) is 0.912. The first kappa shape index (κ1) is 17.8. The number of carbonyl (C=O) groups excluding carboxylic acids is 3. The summed E-state index contributed by atoms with van der Waals surface area (Å²) in [5, 5.41) is 8.79. The molecule has 12 nitrogen and oxygen atoms in total. The van der Waals surface area contributed by atoms with Gasteiger partial charge in [0.25, 0.3) is 0 Å². The highest BCUT2D eigenvalue weighted by Gasteiger charge is 2.55. The topological polar surface area (TPSA) is 155 Å². The molecule has 1 aromatic heterocycles. The van der Waals surface area contributed by atoms with E-state index in [1.54, 1.807) is 12.4 Å². The van der Waals surface area contributed by atoms with Crippen molar-refractivity contribution in [3.05, 3.63) is 22.7 Å². The Bertz CT molecular complexity index is 792. The highest BCUT2D eigenvalue weighted by molar-refractivity contribution is 6.30. The lowest BCUT2D eigenvalue weighted by Crippen LogP contribution is -2.48. The predicted molar refractivity (Wildman–Crippen MR) is 78.8 cm³/mol. The molecule has 2 saturated heterocycles. The van der Waals surface area contributed by atoms with Crippen LogP contribution in [0.15, 0.2) is 17.1 Å². The van der Waals surface area contributed by atoms with Crippen molar-refractivity contribution >= 4 is 23.7 Å². The molecule has 2 N–H and O–H groups in total. The van der Waals surface area contributed by atoms with E-state index in [0.29, 0.717) is 0 Å². The summed E-state index contributed by atoms with van der Waals surface area (Å²) in [4.78, 5) is 50.0. The maximum atomic E-state index is 12.1. The number of nitrogens with one attached hydrogen (secondary N) is 1. The maximum absolute atomic E-state index is 12.1. The van der Waals surface area contributed by atoms with Gasteiger partial charge in [0.2, 0.25) is 0 Å². The second kappa shape index (κ2) is 7.09.